The van der Waals surface area contributed by atoms with Gasteiger partial charge in [0.1, 0.15) is 0 Å². The first-order valence-corrected chi connectivity index (χ1v) is 8.47. The second kappa shape index (κ2) is 8.07. The minimum atomic E-state index is -1.01. The maximum atomic E-state index is 12.7. The molecule has 0 saturated carbocycles. The number of Topliss-reactive ketones (excluding diaryl/α,β-unsaturated/α-hetero) is 1. The highest BCUT2D eigenvalue weighted by Gasteiger charge is 2.27. The van der Waals surface area contributed by atoms with Crippen molar-refractivity contribution in [3.05, 3.63) is 52.3 Å². The molecule has 0 aliphatic heterocycles. The lowest BCUT2D eigenvalue weighted by Crippen LogP contribution is -2.25. The molecule has 0 radical (unpaired) electrons. The van der Waals surface area contributed by atoms with Crippen molar-refractivity contribution in [3.8, 4) is 0 Å². The lowest BCUT2D eigenvalue weighted by molar-refractivity contribution is 0.0316. The minimum absolute atomic E-state index is 0.233. The molecule has 1 heterocycles. The molecule has 7 heteroatoms. The third-order valence-corrected chi connectivity index (χ3v) is 4.35. The summed E-state index contributed by atoms with van der Waals surface area (Å²) in [5.41, 5.74) is 2.86. The predicted octanol–water partition coefficient (Wildman–Crippen LogP) is 2.91. The van der Waals surface area contributed by atoms with Crippen molar-refractivity contribution in [2.24, 2.45) is 0 Å². The fourth-order valence-electron chi connectivity index (χ4n) is 2.79. The summed E-state index contributed by atoms with van der Waals surface area (Å²) in [5.74, 6) is -1.52. The van der Waals surface area contributed by atoms with Gasteiger partial charge in [0, 0.05) is 25.5 Å². The molecular weight excluding hydrogens is 348 g/mol. The summed E-state index contributed by atoms with van der Waals surface area (Å²) in [7, 11) is 5.08. The summed E-state index contributed by atoms with van der Waals surface area (Å²) in [4.78, 5) is 41.7. The number of carbonyl (C=O) groups excluding carboxylic acids is 3. The van der Waals surface area contributed by atoms with Crippen molar-refractivity contribution < 1.29 is 23.9 Å². The van der Waals surface area contributed by atoms with Crippen LogP contribution in [0.25, 0.3) is 0 Å². The molecule has 0 aliphatic rings. The predicted molar refractivity (Wildman–Crippen MR) is 102 cm³/mol. The number of hydrogen-bond donors (Lipinski definition) is 1. The van der Waals surface area contributed by atoms with Crippen molar-refractivity contribution in [3.63, 3.8) is 0 Å². The van der Waals surface area contributed by atoms with Crippen LogP contribution in [0.5, 0.6) is 0 Å². The number of rotatable bonds is 6. The molecule has 0 aliphatic carbocycles. The van der Waals surface area contributed by atoms with Gasteiger partial charge in [-0.25, -0.2) is 9.59 Å². The Morgan fingerprint density at radius 3 is 2.15 bits per heavy atom. The van der Waals surface area contributed by atoms with E-state index in [-0.39, 0.29) is 5.69 Å². The number of H-pyrrole nitrogens is 1. The molecule has 2 aromatic rings. The number of ketones is 1. The second-order valence-electron chi connectivity index (χ2n) is 6.47. The molecule has 1 aromatic carbocycles. The molecule has 2 rings (SSSR count). The normalized spacial score (nSPS) is 11.6. The average Bonchev–Trinajstić information content (AvgIpc) is 2.94. The number of methoxy groups -OCH3 is 1. The standard InChI is InChI=1S/C20H24N2O5/c1-11-16(20(25)26-6)12(2)21-17(11)18(23)13(3)27-19(24)14-7-9-15(10-8-14)22(4)5/h7-10,13,21H,1-6H3/t13-/m1/s1. The monoisotopic (exact) mass is 372 g/mol. The van der Waals surface area contributed by atoms with E-state index in [2.05, 4.69) is 4.98 Å². The molecule has 1 atom stereocenters. The largest absolute Gasteiger partial charge is 0.465 e. The van der Waals surface area contributed by atoms with Gasteiger partial charge in [0.15, 0.2) is 6.10 Å². The number of hydrogen-bond acceptors (Lipinski definition) is 6. The Balaban J connectivity index is 2.16. The number of aryl methyl sites for hydroxylation is 1. The molecule has 27 heavy (non-hydrogen) atoms. The van der Waals surface area contributed by atoms with E-state index >= 15 is 0 Å². The zero-order valence-corrected chi connectivity index (χ0v) is 16.4. The molecule has 0 unspecified atom stereocenters. The number of benzene rings is 1. The van der Waals surface area contributed by atoms with Gasteiger partial charge in [-0.2, -0.15) is 0 Å². The van der Waals surface area contributed by atoms with Gasteiger partial charge in [0.2, 0.25) is 5.78 Å². The minimum Gasteiger partial charge on any atom is -0.465 e. The molecule has 7 nitrogen and oxygen atoms in total. The highest BCUT2D eigenvalue weighted by molar-refractivity contribution is 6.04. The third kappa shape index (κ3) is 4.19. The van der Waals surface area contributed by atoms with Gasteiger partial charge < -0.3 is 19.4 Å². The molecule has 0 amide bonds. The summed E-state index contributed by atoms with van der Waals surface area (Å²) in [6.45, 7) is 4.83. The van der Waals surface area contributed by atoms with Gasteiger partial charge in [-0.05, 0) is 50.6 Å². The van der Waals surface area contributed by atoms with Crippen LogP contribution in [0.1, 0.15) is 49.4 Å². The Kier molecular flexibility index (Phi) is 6.05. The molecule has 1 aromatic heterocycles. The zero-order valence-electron chi connectivity index (χ0n) is 16.4. The van der Waals surface area contributed by atoms with Crippen molar-refractivity contribution in [2.45, 2.75) is 26.9 Å². The molecule has 1 N–H and O–H groups in total. The van der Waals surface area contributed by atoms with E-state index in [9.17, 15) is 14.4 Å². The van der Waals surface area contributed by atoms with E-state index in [4.69, 9.17) is 9.47 Å². The maximum absolute atomic E-state index is 12.7. The summed E-state index contributed by atoms with van der Waals surface area (Å²) in [6, 6.07) is 6.89. The third-order valence-electron chi connectivity index (χ3n) is 4.35. The van der Waals surface area contributed by atoms with Crippen LogP contribution < -0.4 is 4.90 Å². The number of anilines is 1. The van der Waals surface area contributed by atoms with Crippen LogP contribution in [-0.2, 0) is 9.47 Å². The highest BCUT2D eigenvalue weighted by atomic mass is 16.5. The van der Waals surface area contributed by atoms with Crippen LogP contribution in [0.15, 0.2) is 24.3 Å². The number of aromatic nitrogens is 1. The summed E-state index contributed by atoms with van der Waals surface area (Å²) in [5, 5.41) is 0. The first-order valence-electron chi connectivity index (χ1n) is 8.47. The van der Waals surface area contributed by atoms with Crippen LogP contribution in [0.3, 0.4) is 0 Å². The van der Waals surface area contributed by atoms with E-state index in [1.54, 1.807) is 38.1 Å². The number of aromatic amines is 1. The first kappa shape index (κ1) is 20.2. The number of ether oxygens (including phenoxy) is 2. The van der Waals surface area contributed by atoms with Gasteiger partial charge in [0.05, 0.1) is 23.9 Å². The summed E-state index contributed by atoms with van der Waals surface area (Å²) >= 11 is 0. The SMILES string of the molecule is COC(=O)c1c(C)[nH]c(C(=O)[C@@H](C)OC(=O)c2ccc(N(C)C)cc2)c1C. The average molecular weight is 372 g/mol. The summed E-state index contributed by atoms with van der Waals surface area (Å²) in [6.07, 6.45) is -1.01. The van der Waals surface area contributed by atoms with Crippen LogP contribution in [0.2, 0.25) is 0 Å². The molecule has 144 valence electrons. The molecule has 0 fully saturated rings. The fraction of sp³-hybridized carbons (Fsp3) is 0.350. The topological polar surface area (TPSA) is 88.7 Å². The van der Waals surface area contributed by atoms with Crippen LogP contribution >= 0.6 is 0 Å². The lowest BCUT2D eigenvalue weighted by Gasteiger charge is -2.14. The van der Waals surface area contributed by atoms with Crippen LogP contribution in [0, 0.1) is 13.8 Å². The van der Waals surface area contributed by atoms with Gasteiger partial charge in [0.25, 0.3) is 0 Å². The molecule has 0 saturated heterocycles. The van der Waals surface area contributed by atoms with Crippen molar-refractivity contribution >= 4 is 23.4 Å². The van der Waals surface area contributed by atoms with Gasteiger partial charge >= 0.3 is 11.9 Å². The first-order chi connectivity index (χ1) is 12.7. The van der Waals surface area contributed by atoms with E-state index < -0.39 is 23.8 Å². The molecule has 0 bridgehead atoms. The zero-order chi connectivity index (χ0) is 20.3. The Bertz CT molecular complexity index is 865. The molecular formula is C20H24N2O5. The van der Waals surface area contributed by atoms with E-state index in [0.29, 0.717) is 22.4 Å². The molecule has 0 spiro atoms. The number of nitrogens with zero attached hydrogens (tertiary/aromatic N) is 1. The van der Waals surface area contributed by atoms with Crippen molar-refractivity contribution in [1.29, 1.82) is 0 Å². The Morgan fingerprint density at radius 2 is 1.63 bits per heavy atom. The van der Waals surface area contributed by atoms with Gasteiger partial charge in [-0.1, -0.05) is 0 Å². The smallest absolute Gasteiger partial charge is 0.339 e. The van der Waals surface area contributed by atoms with Gasteiger partial charge in [-0.15, -0.1) is 0 Å². The van der Waals surface area contributed by atoms with Gasteiger partial charge in [-0.3, -0.25) is 4.79 Å². The second-order valence-corrected chi connectivity index (χ2v) is 6.47. The van der Waals surface area contributed by atoms with E-state index in [0.717, 1.165) is 5.69 Å². The Hall–Kier alpha value is -3.09. The lowest BCUT2D eigenvalue weighted by atomic mass is 10.1. The Labute approximate surface area is 158 Å². The quantitative estimate of drug-likeness (QED) is 0.620. The number of esters is 2. The van der Waals surface area contributed by atoms with Crippen LogP contribution in [-0.4, -0.2) is 50.0 Å². The summed E-state index contributed by atoms with van der Waals surface area (Å²) < 4.78 is 10.0. The van der Waals surface area contributed by atoms with E-state index in [1.807, 2.05) is 19.0 Å². The number of nitrogens with one attached hydrogen (secondary N) is 1. The van der Waals surface area contributed by atoms with Crippen molar-refractivity contribution in [1.82, 2.24) is 4.98 Å². The van der Waals surface area contributed by atoms with Crippen molar-refractivity contribution in [2.75, 3.05) is 26.1 Å². The van der Waals surface area contributed by atoms with Crippen LogP contribution in [0.4, 0.5) is 5.69 Å². The maximum Gasteiger partial charge on any atom is 0.339 e. The highest BCUT2D eigenvalue weighted by Crippen LogP contribution is 2.21. The number of carbonyl (C=O) groups is 3. The Morgan fingerprint density at radius 1 is 1.04 bits per heavy atom. The van der Waals surface area contributed by atoms with E-state index in [1.165, 1.54) is 14.0 Å². The fourth-order valence-corrected chi connectivity index (χ4v) is 2.79.